The van der Waals surface area contributed by atoms with Crippen molar-refractivity contribution < 1.29 is 4.79 Å². The molecule has 0 unspecified atom stereocenters. The average molecular weight is 248 g/mol. The van der Waals surface area contributed by atoms with E-state index in [1.165, 1.54) is 22.3 Å². The molecule has 0 spiro atoms. The predicted molar refractivity (Wildman–Crippen MR) is 75.4 cm³/mol. The van der Waals surface area contributed by atoms with Gasteiger partial charge in [0.25, 0.3) is 0 Å². The highest BCUT2D eigenvalue weighted by molar-refractivity contribution is 5.63. The van der Waals surface area contributed by atoms with Crippen LogP contribution in [0.3, 0.4) is 0 Å². The molecule has 0 saturated heterocycles. The Bertz CT molecular complexity index is 609. The summed E-state index contributed by atoms with van der Waals surface area (Å²) in [6, 6.07) is 17.6. The van der Waals surface area contributed by atoms with E-state index in [0.717, 1.165) is 19.1 Å². The summed E-state index contributed by atoms with van der Waals surface area (Å²) in [5.41, 5.74) is 5.97. The second-order valence-corrected chi connectivity index (χ2v) is 5.72. The standard InChI is InChI=1S/C18H16O/c19-11-5-10-18-12-15(13-6-1-3-8-16(13)18)14-7-2-4-9-17(14)18/h1-4,6-9,11,15H,5,10,12H2. The molecule has 2 aromatic carbocycles. The van der Waals surface area contributed by atoms with Gasteiger partial charge in [0.15, 0.2) is 0 Å². The van der Waals surface area contributed by atoms with Crippen LogP contribution in [-0.4, -0.2) is 6.29 Å². The summed E-state index contributed by atoms with van der Waals surface area (Å²) in [4.78, 5) is 10.9. The highest BCUT2D eigenvalue weighted by Crippen LogP contribution is 2.61. The van der Waals surface area contributed by atoms with Crippen LogP contribution in [0.25, 0.3) is 0 Å². The van der Waals surface area contributed by atoms with Crippen molar-refractivity contribution in [2.24, 2.45) is 0 Å². The summed E-state index contributed by atoms with van der Waals surface area (Å²) >= 11 is 0. The van der Waals surface area contributed by atoms with Gasteiger partial charge in [-0.15, -0.1) is 0 Å². The predicted octanol–water partition coefficient (Wildman–Crippen LogP) is 3.80. The van der Waals surface area contributed by atoms with E-state index in [9.17, 15) is 4.79 Å². The van der Waals surface area contributed by atoms with E-state index in [1.807, 2.05) is 0 Å². The smallest absolute Gasteiger partial charge is 0.120 e. The minimum Gasteiger partial charge on any atom is -0.303 e. The number of aldehydes is 1. The maximum Gasteiger partial charge on any atom is 0.120 e. The quantitative estimate of drug-likeness (QED) is 0.755. The maximum atomic E-state index is 10.9. The van der Waals surface area contributed by atoms with E-state index in [4.69, 9.17) is 0 Å². The molecule has 0 aromatic heterocycles. The van der Waals surface area contributed by atoms with E-state index in [2.05, 4.69) is 48.5 Å². The summed E-state index contributed by atoms with van der Waals surface area (Å²) in [7, 11) is 0. The summed E-state index contributed by atoms with van der Waals surface area (Å²) in [5, 5.41) is 0. The second kappa shape index (κ2) is 3.80. The van der Waals surface area contributed by atoms with Gasteiger partial charge in [0.05, 0.1) is 0 Å². The van der Waals surface area contributed by atoms with Crippen LogP contribution in [0.1, 0.15) is 47.4 Å². The van der Waals surface area contributed by atoms with E-state index in [1.54, 1.807) is 0 Å². The van der Waals surface area contributed by atoms with Gasteiger partial charge >= 0.3 is 0 Å². The number of benzene rings is 2. The zero-order valence-corrected chi connectivity index (χ0v) is 10.8. The minimum atomic E-state index is 0.0960. The fourth-order valence-corrected chi connectivity index (χ4v) is 4.25. The third-order valence-corrected chi connectivity index (χ3v) is 4.95. The van der Waals surface area contributed by atoms with Crippen molar-refractivity contribution in [2.45, 2.75) is 30.6 Å². The Kier molecular flexibility index (Phi) is 2.20. The Morgan fingerprint density at radius 1 is 1.00 bits per heavy atom. The zero-order valence-electron chi connectivity index (χ0n) is 10.8. The van der Waals surface area contributed by atoms with E-state index in [-0.39, 0.29) is 5.41 Å². The highest BCUT2D eigenvalue weighted by atomic mass is 16.1. The van der Waals surface area contributed by atoms with Crippen molar-refractivity contribution in [3.05, 3.63) is 70.8 Å². The lowest BCUT2D eigenvalue weighted by atomic mass is 9.72. The van der Waals surface area contributed by atoms with Crippen LogP contribution in [0.5, 0.6) is 0 Å². The molecule has 0 N–H and O–H groups in total. The molecule has 2 bridgehead atoms. The topological polar surface area (TPSA) is 17.1 Å². The average Bonchev–Trinajstić information content (AvgIpc) is 2.98. The monoisotopic (exact) mass is 248 g/mol. The molecule has 94 valence electrons. The van der Waals surface area contributed by atoms with Gasteiger partial charge in [0, 0.05) is 17.8 Å². The molecule has 0 heterocycles. The summed E-state index contributed by atoms with van der Waals surface area (Å²) in [6.07, 6.45) is 3.81. The molecule has 1 nitrogen and oxygen atoms in total. The van der Waals surface area contributed by atoms with Gasteiger partial charge in [-0.1, -0.05) is 48.5 Å². The van der Waals surface area contributed by atoms with Gasteiger partial charge < -0.3 is 4.79 Å². The molecule has 4 rings (SSSR count). The summed E-state index contributed by atoms with van der Waals surface area (Å²) in [6.45, 7) is 0. The number of hydrogen-bond acceptors (Lipinski definition) is 1. The van der Waals surface area contributed by atoms with Gasteiger partial charge in [-0.05, 0) is 35.1 Å². The molecule has 1 heteroatoms. The van der Waals surface area contributed by atoms with Crippen molar-refractivity contribution in [1.82, 2.24) is 0 Å². The molecule has 2 aliphatic carbocycles. The molecule has 0 saturated carbocycles. The summed E-state index contributed by atoms with van der Waals surface area (Å²) in [5.74, 6) is 0.541. The molecular formula is C18H16O. The molecule has 0 fully saturated rings. The molecule has 0 radical (unpaired) electrons. The third kappa shape index (κ3) is 1.28. The van der Waals surface area contributed by atoms with E-state index >= 15 is 0 Å². The van der Waals surface area contributed by atoms with Crippen molar-refractivity contribution in [3.8, 4) is 0 Å². The Morgan fingerprint density at radius 3 is 2.16 bits per heavy atom. The molecule has 0 amide bonds. The lowest BCUT2D eigenvalue weighted by molar-refractivity contribution is -0.108. The van der Waals surface area contributed by atoms with Crippen LogP contribution in [0.4, 0.5) is 0 Å². The largest absolute Gasteiger partial charge is 0.303 e. The first-order valence-corrected chi connectivity index (χ1v) is 6.99. The number of hydrogen-bond donors (Lipinski definition) is 0. The molecule has 19 heavy (non-hydrogen) atoms. The van der Waals surface area contributed by atoms with Gasteiger partial charge in [-0.3, -0.25) is 0 Å². The third-order valence-electron chi connectivity index (χ3n) is 4.95. The molecule has 2 aromatic rings. The summed E-state index contributed by atoms with van der Waals surface area (Å²) < 4.78 is 0. The maximum absolute atomic E-state index is 10.9. The first-order valence-electron chi connectivity index (χ1n) is 6.99. The van der Waals surface area contributed by atoms with Gasteiger partial charge in [-0.2, -0.15) is 0 Å². The van der Waals surface area contributed by atoms with Crippen LogP contribution >= 0.6 is 0 Å². The Labute approximate surface area is 113 Å². The van der Waals surface area contributed by atoms with Crippen molar-refractivity contribution in [1.29, 1.82) is 0 Å². The van der Waals surface area contributed by atoms with Crippen LogP contribution < -0.4 is 0 Å². The normalized spacial score (nSPS) is 26.0. The fourth-order valence-electron chi connectivity index (χ4n) is 4.25. The zero-order chi connectivity index (χ0) is 12.9. The molecule has 0 aliphatic heterocycles. The number of rotatable bonds is 3. The SMILES string of the molecule is O=CCCC12CC(c3ccccc31)c1ccccc12. The number of fused-ring (bicyclic) bond motifs is 8. The molecule has 2 aliphatic rings. The minimum absolute atomic E-state index is 0.0960. The lowest BCUT2D eigenvalue weighted by Gasteiger charge is -2.30. The fraction of sp³-hybridized carbons (Fsp3) is 0.278. The first kappa shape index (κ1) is 11.0. The lowest BCUT2D eigenvalue weighted by Crippen LogP contribution is -2.24. The van der Waals surface area contributed by atoms with Gasteiger partial charge in [-0.25, -0.2) is 0 Å². The highest BCUT2D eigenvalue weighted by Gasteiger charge is 2.51. The van der Waals surface area contributed by atoms with E-state index in [0.29, 0.717) is 12.3 Å². The van der Waals surface area contributed by atoms with Crippen molar-refractivity contribution in [3.63, 3.8) is 0 Å². The second-order valence-electron chi connectivity index (χ2n) is 5.72. The Hall–Kier alpha value is -1.89. The van der Waals surface area contributed by atoms with E-state index < -0.39 is 0 Å². The van der Waals surface area contributed by atoms with Crippen molar-refractivity contribution in [2.75, 3.05) is 0 Å². The Balaban J connectivity index is 1.96. The molecular weight excluding hydrogens is 232 g/mol. The van der Waals surface area contributed by atoms with Crippen molar-refractivity contribution >= 4 is 6.29 Å². The van der Waals surface area contributed by atoms with Gasteiger partial charge in [0.2, 0.25) is 0 Å². The Morgan fingerprint density at radius 2 is 1.58 bits per heavy atom. The number of carbonyl (C=O) groups excluding carboxylic acids is 1. The number of carbonyl (C=O) groups is 1. The first-order chi connectivity index (χ1) is 9.37. The van der Waals surface area contributed by atoms with Crippen LogP contribution in [0.2, 0.25) is 0 Å². The van der Waals surface area contributed by atoms with Crippen LogP contribution in [-0.2, 0) is 10.2 Å². The van der Waals surface area contributed by atoms with Crippen LogP contribution in [0, 0.1) is 0 Å². The van der Waals surface area contributed by atoms with Crippen LogP contribution in [0.15, 0.2) is 48.5 Å². The van der Waals surface area contributed by atoms with Gasteiger partial charge in [0.1, 0.15) is 6.29 Å². The molecule has 0 atom stereocenters.